The number of rotatable bonds is 6. The fourth-order valence-corrected chi connectivity index (χ4v) is 10.2. The third-order valence-corrected chi connectivity index (χ3v) is 13.4. The van der Waals surface area contributed by atoms with E-state index >= 15 is 0 Å². The molecule has 0 atom stereocenters. The van der Waals surface area contributed by atoms with E-state index in [9.17, 15) is 0 Å². The van der Waals surface area contributed by atoms with Crippen molar-refractivity contribution in [3.63, 3.8) is 0 Å². The summed E-state index contributed by atoms with van der Waals surface area (Å²) in [5.41, 5.74) is 15.9. The van der Waals surface area contributed by atoms with Crippen LogP contribution >= 0.6 is 11.3 Å². The van der Waals surface area contributed by atoms with E-state index in [-0.39, 0.29) is 0 Å². The van der Waals surface area contributed by atoms with Gasteiger partial charge in [0.1, 0.15) is 0 Å². The standard InChI is InChI=1S/C58H36N2S/c1-3-11-37(12-4-1)39-19-23-41(24-20-39)45-31-32-55-52(33-45)53-35-46(42-25-21-40(22-26-42)38-13-5-2-6-14-38)34-51(58(53)61-55)43-27-29-44(30-28-43)54-36-59-56-49-17-9-7-15-47(49)48-16-8-10-18-50(48)57(56)60-54/h1-36H. The van der Waals surface area contributed by atoms with E-state index in [4.69, 9.17) is 9.97 Å². The van der Waals surface area contributed by atoms with Gasteiger partial charge in [0.25, 0.3) is 0 Å². The molecule has 0 fully saturated rings. The molecule has 2 heterocycles. The van der Waals surface area contributed by atoms with E-state index in [2.05, 4.69) is 212 Å². The van der Waals surface area contributed by atoms with Crippen LogP contribution in [-0.4, -0.2) is 9.97 Å². The van der Waals surface area contributed by atoms with Gasteiger partial charge >= 0.3 is 0 Å². The molecule has 0 aliphatic heterocycles. The van der Waals surface area contributed by atoms with Crippen LogP contribution in [0.3, 0.4) is 0 Å². The molecule has 3 heteroatoms. The molecule has 10 aromatic carbocycles. The van der Waals surface area contributed by atoms with Crippen molar-refractivity contribution in [1.29, 1.82) is 0 Å². The second kappa shape index (κ2) is 14.5. The molecule has 284 valence electrons. The quantitative estimate of drug-likeness (QED) is 0.157. The van der Waals surface area contributed by atoms with E-state index in [1.165, 1.54) is 86.6 Å². The van der Waals surface area contributed by atoms with Gasteiger partial charge in [-0.3, -0.25) is 4.98 Å². The maximum absolute atomic E-state index is 5.28. The van der Waals surface area contributed by atoms with Gasteiger partial charge in [0.05, 0.1) is 22.9 Å². The fourth-order valence-electron chi connectivity index (χ4n) is 8.99. The molecule has 0 N–H and O–H groups in total. The minimum atomic E-state index is 0.864. The third-order valence-electron chi connectivity index (χ3n) is 12.1. The predicted octanol–water partition coefficient (Wildman–Crippen LogP) is 16.3. The lowest BCUT2D eigenvalue weighted by atomic mass is 9.93. The molecule has 2 aromatic heterocycles. The Morgan fingerprint density at radius 2 is 0.738 bits per heavy atom. The highest BCUT2D eigenvalue weighted by atomic mass is 32.1. The molecule has 12 rings (SSSR count). The molecule has 0 aliphatic rings. The highest BCUT2D eigenvalue weighted by molar-refractivity contribution is 7.26. The van der Waals surface area contributed by atoms with Gasteiger partial charge < -0.3 is 0 Å². The Hall–Kier alpha value is -7.72. The first kappa shape index (κ1) is 35.2. The lowest BCUT2D eigenvalue weighted by molar-refractivity contribution is 1.31. The summed E-state index contributed by atoms with van der Waals surface area (Å²) < 4.78 is 2.56. The Morgan fingerprint density at radius 1 is 0.295 bits per heavy atom. The van der Waals surface area contributed by atoms with E-state index in [1.807, 2.05) is 17.5 Å². The van der Waals surface area contributed by atoms with Crippen molar-refractivity contribution >= 4 is 64.1 Å². The molecule has 61 heavy (non-hydrogen) atoms. The first-order chi connectivity index (χ1) is 30.2. The smallest absolute Gasteiger partial charge is 0.0979 e. The molecule has 0 bridgehead atoms. The van der Waals surface area contributed by atoms with Crippen molar-refractivity contribution in [2.24, 2.45) is 0 Å². The molecule has 0 saturated carbocycles. The topological polar surface area (TPSA) is 25.8 Å². The monoisotopic (exact) mass is 792 g/mol. The maximum Gasteiger partial charge on any atom is 0.0979 e. The molecular weight excluding hydrogens is 757 g/mol. The van der Waals surface area contributed by atoms with Crippen LogP contribution in [0.4, 0.5) is 0 Å². The summed E-state index contributed by atoms with van der Waals surface area (Å²) in [6.07, 6.45) is 1.93. The Labute approximate surface area is 357 Å². The van der Waals surface area contributed by atoms with Gasteiger partial charge in [-0.2, -0.15) is 0 Å². The van der Waals surface area contributed by atoms with Gasteiger partial charge in [-0.1, -0.05) is 188 Å². The number of fused-ring (bicyclic) bond motifs is 9. The normalized spacial score (nSPS) is 11.6. The summed E-state index contributed by atoms with van der Waals surface area (Å²) >= 11 is 1.87. The van der Waals surface area contributed by atoms with Crippen LogP contribution in [-0.2, 0) is 0 Å². The number of aromatic nitrogens is 2. The highest BCUT2D eigenvalue weighted by Gasteiger charge is 2.17. The molecule has 0 amide bonds. The largest absolute Gasteiger partial charge is 0.252 e. The van der Waals surface area contributed by atoms with Crippen molar-refractivity contribution in [2.75, 3.05) is 0 Å². The van der Waals surface area contributed by atoms with Crippen LogP contribution in [0.1, 0.15) is 0 Å². The number of thiophene rings is 1. The Balaban J connectivity index is 0.976. The summed E-state index contributed by atoms with van der Waals surface area (Å²) in [7, 11) is 0. The van der Waals surface area contributed by atoms with Crippen molar-refractivity contribution in [1.82, 2.24) is 9.97 Å². The van der Waals surface area contributed by atoms with Gasteiger partial charge in [-0.15, -0.1) is 11.3 Å². The van der Waals surface area contributed by atoms with Gasteiger partial charge in [0.15, 0.2) is 0 Å². The van der Waals surface area contributed by atoms with Crippen molar-refractivity contribution in [3.8, 4) is 66.9 Å². The zero-order valence-corrected chi connectivity index (χ0v) is 33.9. The number of hydrogen-bond acceptors (Lipinski definition) is 3. The van der Waals surface area contributed by atoms with E-state index in [1.54, 1.807) is 0 Å². The van der Waals surface area contributed by atoms with Crippen LogP contribution in [0.25, 0.3) is 120 Å². The summed E-state index contributed by atoms with van der Waals surface area (Å²) in [6.45, 7) is 0. The van der Waals surface area contributed by atoms with Gasteiger partial charge in [0, 0.05) is 42.1 Å². The molecular formula is C58H36N2S. The minimum absolute atomic E-state index is 0.864. The number of nitrogens with zero attached hydrogens (tertiary/aromatic N) is 2. The Bertz CT molecular complexity index is 3560. The van der Waals surface area contributed by atoms with Gasteiger partial charge in [-0.25, -0.2) is 4.98 Å². The molecule has 2 nitrogen and oxygen atoms in total. The number of hydrogen-bond donors (Lipinski definition) is 0. The Kier molecular flexibility index (Phi) is 8.39. The van der Waals surface area contributed by atoms with Gasteiger partial charge in [0.2, 0.25) is 0 Å². The second-order valence-electron chi connectivity index (χ2n) is 15.7. The molecule has 0 radical (unpaired) electrons. The SMILES string of the molecule is c1ccc(-c2ccc(-c3ccc4sc5c(-c6ccc(-c7cnc8c9ccccc9c9ccccc9c8n7)cc6)cc(-c6ccc(-c7ccccc7)cc6)cc5c4c3)cc2)cc1. The minimum Gasteiger partial charge on any atom is -0.252 e. The molecule has 0 spiro atoms. The second-order valence-corrected chi connectivity index (χ2v) is 16.8. The molecule has 0 saturated heterocycles. The van der Waals surface area contributed by atoms with Crippen LogP contribution in [0, 0.1) is 0 Å². The van der Waals surface area contributed by atoms with E-state index in [0.717, 1.165) is 33.1 Å². The van der Waals surface area contributed by atoms with Crippen LogP contribution in [0.5, 0.6) is 0 Å². The van der Waals surface area contributed by atoms with Crippen molar-refractivity contribution in [3.05, 3.63) is 219 Å². The van der Waals surface area contributed by atoms with Crippen molar-refractivity contribution in [2.45, 2.75) is 0 Å². The zero-order valence-electron chi connectivity index (χ0n) is 33.1. The average molecular weight is 793 g/mol. The van der Waals surface area contributed by atoms with Crippen LogP contribution < -0.4 is 0 Å². The first-order valence-corrected chi connectivity index (χ1v) is 21.5. The summed E-state index contributed by atoms with van der Waals surface area (Å²) in [5.74, 6) is 0. The van der Waals surface area contributed by atoms with E-state index in [0.29, 0.717) is 0 Å². The maximum atomic E-state index is 5.28. The Morgan fingerprint density at radius 3 is 1.34 bits per heavy atom. The average Bonchev–Trinajstić information content (AvgIpc) is 3.72. The lowest BCUT2D eigenvalue weighted by Crippen LogP contribution is -1.92. The van der Waals surface area contributed by atoms with Crippen molar-refractivity contribution < 1.29 is 0 Å². The third kappa shape index (κ3) is 6.18. The predicted molar refractivity (Wildman–Crippen MR) is 260 cm³/mol. The highest BCUT2D eigenvalue weighted by Crippen LogP contribution is 2.45. The zero-order chi connectivity index (χ0) is 40.3. The fraction of sp³-hybridized carbons (Fsp3) is 0. The van der Waals surface area contributed by atoms with Crippen LogP contribution in [0.15, 0.2) is 219 Å². The summed E-state index contributed by atoms with van der Waals surface area (Å²) in [6, 6.07) is 76.8. The molecule has 0 aliphatic carbocycles. The molecule has 0 unspecified atom stereocenters. The number of benzene rings is 10. The molecule has 12 aromatic rings. The van der Waals surface area contributed by atoms with E-state index < -0.39 is 0 Å². The summed E-state index contributed by atoms with van der Waals surface area (Å²) in [5, 5.41) is 7.19. The van der Waals surface area contributed by atoms with Crippen LogP contribution in [0.2, 0.25) is 0 Å². The lowest BCUT2D eigenvalue weighted by Gasteiger charge is -2.12. The summed E-state index contributed by atoms with van der Waals surface area (Å²) in [4.78, 5) is 10.3. The van der Waals surface area contributed by atoms with Gasteiger partial charge in [-0.05, 0) is 85.1 Å². The first-order valence-electron chi connectivity index (χ1n) is 20.7.